The Morgan fingerprint density at radius 2 is 0.442 bits per heavy atom. The molecule has 328 valence electrons. The van der Waals surface area contributed by atoms with Crippen LogP contribution in [0.3, 0.4) is 0 Å². The Bertz CT molecular complexity index is 1350. The normalized spacial score (nSPS) is 13.8. The predicted octanol–water partition coefficient (Wildman–Crippen LogP) is -8.60. The molecule has 0 saturated heterocycles. The molecule has 0 aliphatic heterocycles. The highest BCUT2D eigenvalue weighted by molar-refractivity contribution is 7.81. The van der Waals surface area contributed by atoms with E-state index in [1.807, 2.05) is 0 Å². The summed E-state index contributed by atoms with van der Waals surface area (Å²) in [6.45, 7) is -0.760. The van der Waals surface area contributed by atoms with Crippen molar-refractivity contribution in [2.75, 3.05) is 6.61 Å². The second kappa shape index (κ2) is 31.7. The average molecular weight is 965 g/mol. The van der Waals surface area contributed by atoms with Crippen molar-refractivity contribution in [3.05, 3.63) is 0 Å². The van der Waals surface area contributed by atoms with Crippen LogP contribution in [0.1, 0.15) is 0 Å². The molecule has 38 nitrogen and oxygen atoms in total. The topological polar surface area (TPSA) is 715 Å². The number of hydrogen-bond acceptors (Lipinski definition) is 22. The molecule has 0 fully saturated rings. The highest BCUT2D eigenvalue weighted by Gasteiger charge is 2.29. The lowest BCUT2D eigenvalue weighted by Crippen LogP contribution is -2.46. The first-order valence-electron chi connectivity index (χ1n) is 8.91. The first-order valence-corrected chi connectivity index (χ1v) is 20.1. The Hall–Kier alpha value is -1.57. The van der Waals surface area contributed by atoms with Gasteiger partial charge in [0.15, 0.2) is 6.29 Å². The van der Waals surface area contributed by atoms with Crippen LogP contribution in [-0.2, 0) is 88.0 Å². The molecule has 46 heteroatoms. The molecule has 21 N–H and O–H groups in total. The lowest BCUT2D eigenvalue weighted by atomic mass is 10.0. The second-order valence-corrected chi connectivity index (χ2v) is 13.1. The molecular formula is C6H28O38S8. The van der Waals surface area contributed by atoms with E-state index >= 15 is 0 Å². The summed E-state index contributed by atoms with van der Waals surface area (Å²) in [5, 5.41) is 43.5. The molecule has 0 radical (unpaired) electrons. The Labute approximate surface area is 290 Å². The number of aliphatic hydroxyl groups is 5. The number of aldehydes is 1. The van der Waals surface area contributed by atoms with Gasteiger partial charge in [-0.2, -0.15) is 67.3 Å². The van der Waals surface area contributed by atoms with E-state index in [9.17, 15) is 4.79 Å². The largest absolute Gasteiger partial charge is 0.394 e. The summed E-state index contributed by atoms with van der Waals surface area (Å²) in [6.07, 6.45) is -6.84. The number of carbonyl (C=O) groups excluding carboxylic acids is 1. The van der Waals surface area contributed by atoms with Gasteiger partial charge in [0, 0.05) is 0 Å². The molecule has 0 rings (SSSR count). The van der Waals surface area contributed by atoms with Crippen LogP contribution in [0.4, 0.5) is 0 Å². The highest BCUT2D eigenvalue weighted by atomic mass is 32.3. The van der Waals surface area contributed by atoms with E-state index < -0.39 is 114 Å². The molecule has 0 unspecified atom stereocenters. The van der Waals surface area contributed by atoms with Gasteiger partial charge in [-0.3, -0.25) is 72.8 Å². The van der Waals surface area contributed by atoms with Gasteiger partial charge in [0.05, 0.1) is 6.61 Å². The first-order chi connectivity index (χ1) is 21.5. The highest BCUT2D eigenvalue weighted by Crippen LogP contribution is 2.02. The summed E-state index contributed by atoms with van der Waals surface area (Å²) in [5.74, 6) is 0. The van der Waals surface area contributed by atoms with Crippen molar-refractivity contribution in [2.24, 2.45) is 0 Å². The Balaban J connectivity index is -0.0000000587. The average Bonchev–Trinajstić information content (AvgIpc) is 2.67. The smallest absolute Gasteiger partial charge is 0.394 e. The fourth-order valence-corrected chi connectivity index (χ4v) is 0.618. The van der Waals surface area contributed by atoms with E-state index in [2.05, 4.69) is 0 Å². The zero-order chi connectivity index (χ0) is 45.7. The summed E-state index contributed by atoms with van der Waals surface area (Å²) in [7, 11) is -37.3. The van der Waals surface area contributed by atoms with E-state index in [0.717, 1.165) is 0 Å². The van der Waals surface area contributed by atoms with Crippen LogP contribution in [0.15, 0.2) is 0 Å². The maximum Gasteiger partial charge on any atom is 0.394 e. The summed E-state index contributed by atoms with van der Waals surface area (Å²) in [5.41, 5.74) is 0. The van der Waals surface area contributed by atoms with Gasteiger partial charge in [-0.1, -0.05) is 0 Å². The number of hydrogen-bond donors (Lipinski definition) is 21. The molecule has 0 aromatic carbocycles. The van der Waals surface area contributed by atoms with E-state index in [1.54, 1.807) is 0 Å². The summed E-state index contributed by atoms with van der Waals surface area (Å²) in [6, 6.07) is 0. The van der Waals surface area contributed by atoms with Gasteiger partial charge in [0.1, 0.15) is 24.4 Å². The van der Waals surface area contributed by atoms with Crippen molar-refractivity contribution in [1.82, 2.24) is 0 Å². The van der Waals surface area contributed by atoms with Gasteiger partial charge >= 0.3 is 83.2 Å². The molecule has 4 atom stereocenters. The van der Waals surface area contributed by atoms with E-state index in [-0.39, 0.29) is 6.29 Å². The van der Waals surface area contributed by atoms with Gasteiger partial charge in [-0.25, -0.2) is 0 Å². The Morgan fingerprint density at radius 1 is 0.327 bits per heavy atom. The number of carbonyl (C=O) groups is 1. The first kappa shape index (κ1) is 71.8. The number of rotatable bonds is 5. The zero-order valence-corrected chi connectivity index (χ0v) is 29.7. The van der Waals surface area contributed by atoms with Crippen LogP contribution in [-0.4, -0.2) is 203 Å². The van der Waals surface area contributed by atoms with E-state index in [1.165, 1.54) is 0 Å². The number of aliphatic hydroxyl groups excluding tert-OH is 5. The van der Waals surface area contributed by atoms with Crippen molar-refractivity contribution in [1.29, 1.82) is 0 Å². The van der Waals surface area contributed by atoms with E-state index in [4.69, 9.17) is 166 Å². The van der Waals surface area contributed by atoms with Crippen LogP contribution in [0, 0.1) is 0 Å². The molecule has 0 aromatic heterocycles. The summed E-state index contributed by atoms with van der Waals surface area (Å²) in [4.78, 5) is 9.90. The Kier molecular flexibility index (Phi) is 43.8. The Morgan fingerprint density at radius 3 is 0.519 bits per heavy atom. The molecule has 0 aliphatic rings. The third kappa shape index (κ3) is 523. The van der Waals surface area contributed by atoms with Crippen LogP contribution >= 0.6 is 0 Å². The predicted molar refractivity (Wildman–Crippen MR) is 151 cm³/mol. The van der Waals surface area contributed by atoms with Crippen molar-refractivity contribution in [2.45, 2.75) is 24.4 Å². The molecule has 0 aliphatic carbocycles. The maximum atomic E-state index is 9.90. The monoisotopic (exact) mass is 964 g/mol. The van der Waals surface area contributed by atoms with Crippen LogP contribution < -0.4 is 0 Å². The molecule has 0 bridgehead atoms. The van der Waals surface area contributed by atoms with Crippen molar-refractivity contribution >= 4 is 89.5 Å². The minimum absolute atomic E-state index is 0.0258. The quantitative estimate of drug-likeness (QED) is 0.0898. The molecule has 0 heterocycles. The van der Waals surface area contributed by atoms with Gasteiger partial charge in [-0.15, -0.1) is 0 Å². The maximum absolute atomic E-state index is 9.90. The second-order valence-electron chi connectivity index (χ2n) is 5.94. The lowest BCUT2D eigenvalue weighted by molar-refractivity contribution is -0.136. The SMILES string of the molecule is O=C[C@H](O)[C@@H](O)[C@H](O)[C@H](O)CO.O=S(=O)(O)O.O=S(=O)(O)O.O=S(=O)(O)O.O=S(=O)(O)O.O=S(=O)(O)O.O=S(=O)(O)O.O=S(=O)(O)O.O=S(=O)(O)O. The third-order valence-corrected chi connectivity index (χ3v) is 1.42. The molecule has 0 amide bonds. The van der Waals surface area contributed by atoms with Crippen molar-refractivity contribution in [3.8, 4) is 0 Å². The fourth-order valence-electron chi connectivity index (χ4n) is 0.618. The van der Waals surface area contributed by atoms with Gasteiger partial charge in [0.2, 0.25) is 0 Å². The molecule has 0 spiro atoms. The minimum Gasteiger partial charge on any atom is -0.394 e. The van der Waals surface area contributed by atoms with Crippen molar-refractivity contribution in [3.63, 3.8) is 0 Å². The van der Waals surface area contributed by atoms with Crippen LogP contribution in [0.5, 0.6) is 0 Å². The molecule has 52 heavy (non-hydrogen) atoms. The standard InChI is InChI=1S/C6H12O6.8H2O4S/c7-1-3(9)5(11)6(12)4(10)2-8;8*1-5(2,3)4/h1,3-6,8-12H,2H2;8*(H2,1,2,3,4)/t3-,4+,5+,6+;;;;;;;;/m0......../s1. The summed E-state index contributed by atoms with van der Waals surface area (Å²) >= 11 is 0. The molecule has 0 aromatic rings. The van der Waals surface area contributed by atoms with Crippen LogP contribution in [0.2, 0.25) is 0 Å². The van der Waals surface area contributed by atoms with Crippen LogP contribution in [0.25, 0.3) is 0 Å². The van der Waals surface area contributed by atoms with E-state index in [0.29, 0.717) is 0 Å². The van der Waals surface area contributed by atoms with Gasteiger partial charge in [0.25, 0.3) is 0 Å². The molecular weight excluding hydrogens is 937 g/mol. The lowest BCUT2D eigenvalue weighted by Gasteiger charge is -2.22. The zero-order valence-electron chi connectivity index (χ0n) is 23.2. The van der Waals surface area contributed by atoms with Gasteiger partial charge < -0.3 is 30.3 Å². The third-order valence-electron chi connectivity index (χ3n) is 1.42. The molecule has 0 saturated carbocycles. The fraction of sp³-hybridized carbons (Fsp3) is 0.833. The minimum atomic E-state index is -4.67. The van der Waals surface area contributed by atoms with Gasteiger partial charge in [-0.05, 0) is 0 Å². The summed E-state index contributed by atoms with van der Waals surface area (Å²) < 4.78 is 253. The van der Waals surface area contributed by atoms with Crippen molar-refractivity contribution < 1.29 is 171 Å².